The molecule has 0 N–H and O–H groups in total. The molecule has 1 fully saturated rings. The molecule has 0 saturated carbocycles. The molecule has 0 aromatic rings. The van der Waals surface area contributed by atoms with Gasteiger partial charge in [-0.15, -0.1) is 0 Å². The Kier molecular flexibility index (Phi) is 4.28. The predicted octanol–water partition coefficient (Wildman–Crippen LogP) is 2.51. The maximum Gasteiger partial charge on any atom is 0.411 e. The minimum Gasteiger partial charge on any atom is -0.464 e. The summed E-state index contributed by atoms with van der Waals surface area (Å²) in [6.45, 7) is 13.3. The van der Waals surface area contributed by atoms with Gasteiger partial charge < -0.3 is 9.47 Å². The summed E-state index contributed by atoms with van der Waals surface area (Å²) in [6.07, 6.45) is 0.0656. The van der Waals surface area contributed by atoms with Crippen molar-refractivity contribution in [3.05, 3.63) is 12.2 Å². The fourth-order valence-corrected chi connectivity index (χ4v) is 2.02. The molecule has 108 valence electrons. The molecule has 1 saturated heterocycles. The van der Waals surface area contributed by atoms with Gasteiger partial charge in [0.1, 0.15) is 5.60 Å². The molecule has 1 aliphatic rings. The van der Waals surface area contributed by atoms with Crippen LogP contribution in [0, 0.1) is 0 Å². The van der Waals surface area contributed by atoms with Crippen molar-refractivity contribution in [2.75, 3.05) is 13.2 Å². The van der Waals surface area contributed by atoms with Crippen LogP contribution >= 0.6 is 0 Å². The van der Waals surface area contributed by atoms with E-state index in [2.05, 4.69) is 6.58 Å². The lowest BCUT2D eigenvalue weighted by molar-refractivity contribution is -0.152. The zero-order chi connectivity index (χ0) is 14.8. The first-order valence-electron chi connectivity index (χ1n) is 6.49. The molecular formula is C14H23NO4. The minimum absolute atomic E-state index is 0.268. The molecule has 0 spiro atoms. The van der Waals surface area contributed by atoms with Crippen LogP contribution in [-0.2, 0) is 14.3 Å². The second-order valence-electron chi connectivity index (χ2n) is 5.78. The number of carbonyl (C=O) groups excluding carboxylic acids is 2. The topological polar surface area (TPSA) is 55.8 Å². The lowest BCUT2D eigenvalue weighted by Crippen LogP contribution is -2.53. The third-order valence-corrected chi connectivity index (χ3v) is 3.15. The summed E-state index contributed by atoms with van der Waals surface area (Å²) in [6, 6.07) is 0. The summed E-state index contributed by atoms with van der Waals surface area (Å²) in [4.78, 5) is 25.7. The Hall–Kier alpha value is -1.52. The number of likely N-dealkylation sites (tertiary alicyclic amines) is 1. The number of ether oxygens (including phenoxy) is 2. The monoisotopic (exact) mass is 269 g/mol. The average Bonchev–Trinajstić information content (AvgIpc) is 2.55. The van der Waals surface area contributed by atoms with E-state index >= 15 is 0 Å². The van der Waals surface area contributed by atoms with Crippen LogP contribution in [0.1, 0.15) is 41.0 Å². The Labute approximate surface area is 114 Å². The van der Waals surface area contributed by atoms with Crippen LogP contribution in [0.2, 0.25) is 0 Å². The van der Waals surface area contributed by atoms with Gasteiger partial charge in [0, 0.05) is 6.54 Å². The molecule has 1 aliphatic heterocycles. The molecule has 5 heteroatoms. The van der Waals surface area contributed by atoms with Gasteiger partial charge in [0.05, 0.1) is 6.61 Å². The molecule has 5 nitrogen and oxygen atoms in total. The van der Waals surface area contributed by atoms with Gasteiger partial charge >= 0.3 is 12.1 Å². The SMILES string of the molecule is C=C1CCN(C(=O)OC(C)(C)C)[C@@]1(C)C(=O)OCC. The number of carbonyl (C=O) groups is 2. The van der Waals surface area contributed by atoms with E-state index in [1.165, 1.54) is 4.90 Å². The zero-order valence-corrected chi connectivity index (χ0v) is 12.4. The molecule has 1 amide bonds. The quantitative estimate of drug-likeness (QED) is 0.571. The van der Waals surface area contributed by atoms with E-state index in [9.17, 15) is 9.59 Å². The Balaban J connectivity index is 2.97. The number of rotatable bonds is 2. The summed E-state index contributed by atoms with van der Waals surface area (Å²) in [5.74, 6) is -0.455. The number of esters is 1. The highest BCUT2D eigenvalue weighted by atomic mass is 16.6. The van der Waals surface area contributed by atoms with E-state index in [4.69, 9.17) is 9.47 Å². The van der Waals surface area contributed by atoms with E-state index in [1.807, 2.05) is 0 Å². The summed E-state index contributed by atoms with van der Waals surface area (Å²) < 4.78 is 10.4. The fourth-order valence-electron chi connectivity index (χ4n) is 2.02. The van der Waals surface area contributed by atoms with Crippen molar-refractivity contribution in [2.24, 2.45) is 0 Å². The maximum absolute atomic E-state index is 12.2. The Morgan fingerprint density at radius 2 is 2.00 bits per heavy atom. The zero-order valence-electron chi connectivity index (χ0n) is 12.4. The van der Waals surface area contributed by atoms with E-state index in [0.717, 1.165) is 0 Å². The van der Waals surface area contributed by atoms with Gasteiger partial charge in [-0.05, 0) is 46.6 Å². The number of amides is 1. The minimum atomic E-state index is -1.13. The first kappa shape index (κ1) is 15.5. The molecule has 0 unspecified atom stereocenters. The lowest BCUT2D eigenvalue weighted by Gasteiger charge is -2.34. The van der Waals surface area contributed by atoms with E-state index in [1.54, 1.807) is 34.6 Å². The molecule has 0 aliphatic carbocycles. The standard InChI is InChI=1S/C14H23NO4/c1-7-18-11(16)14(6)10(2)8-9-15(14)12(17)19-13(3,4)5/h2,7-9H2,1,3-6H3/t14-/m1/s1. The van der Waals surface area contributed by atoms with E-state index in [0.29, 0.717) is 18.5 Å². The summed E-state index contributed by atoms with van der Waals surface area (Å²) >= 11 is 0. The Morgan fingerprint density at radius 1 is 1.42 bits per heavy atom. The second kappa shape index (κ2) is 5.23. The van der Waals surface area contributed by atoms with Crippen LogP contribution in [0.15, 0.2) is 12.2 Å². The number of hydrogen-bond donors (Lipinski definition) is 0. The molecule has 1 rings (SSSR count). The smallest absolute Gasteiger partial charge is 0.411 e. The van der Waals surface area contributed by atoms with Crippen LogP contribution in [-0.4, -0.2) is 41.3 Å². The molecule has 0 radical (unpaired) electrons. The first-order valence-corrected chi connectivity index (χ1v) is 6.49. The maximum atomic E-state index is 12.2. The predicted molar refractivity (Wildman–Crippen MR) is 71.7 cm³/mol. The molecule has 0 aromatic carbocycles. The van der Waals surface area contributed by atoms with Crippen LogP contribution < -0.4 is 0 Å². The highest BCUT2D eigenvalue weighted by Crippen LogP contribution is 2.35. The first-order chi connectivity index (χ1) is 8.63. The van der Waals surface area contributed by atoms with Crippen molar-refractivity contribution in [2.45, 2.75) is 52.2 Å². The summed E-state index contributed by atoms with van der Waals surface area (Å²) in [5, 5.41) is 0. The second-order valence-corrected chi connectivity index (χ2v) is 5.78. The third-order valence-electron chi connectivity index (χ3n) is 3.15. The van der Waals surface area contributed by atoms with Crippen LogP contribution in [0.5, 0.6) is 0 Å². The van der Waals surface area contributed by atoms with Crippen molar-refractivity contribution >= 4 is 12.1 Å². The van der Waals surface area contributed by atoms with Crippen molar-refractivity contribution < 1.29 is 19.1 Å². The molecule has 1 atom stereocenters. The third kappa shape index (κ3) is 3.08. The van der Waals surface area contributed by atoms with Crippen LogP contribution in [0.3, 0.4) is 0 Å². The van der Waals surface area contributed by atoms with Crippen molar-refractivity contribution in [1.29, 1.82) is 0 Å². The van der Waals surface area contributed by atoms with Crippen molar-refractivity contribution in [1.82, 2.24) is 4.90 Å². The van der Waals surface area contributed by atoms with Gasteiger partial charge in [-0.1, -0.05) is 6.58 Å². The van der Waals surface area contributed by atoms with Gasteiger partial charge in [-0.25, -0.2) is 9.59 Å². The average molecular weight is 269 g/mol. The largest absolute Gasteiger partial charge is 0.464 e. The number of hydrogen-bond acceptors (Lipinski definition) is 4. The summed E-state index contributed by atoms with van der Waals surface area (Å²) in [7, 11) is 0. The Bertz CT molecular complexity index is 397. The van der Waals surface area contributed by atoms with Gasteiger partial charge in [0.25, 0.3) is 0 Å². The van der Waals surface area contributed by atoms with Gasteiger partial charge in [0.15, 0.2) is 5.54 Å². The van der Waals surface area contributed by atoms with Crippen molar-refractivity contribution in [3.8, 4) is 0 Å². The molecule has 0 bridgehead atoms. The fraction of sp³-hybridized carbons (Fsp3) is 0.714. The molecular weight excluding hydrogens is 246 g/mol. The van der Waals surface area contributed by atoms with E-state index < -0.39 is 23.2 Å². The Morgan fingerprint density at radius 3 is 2.47 bits per heavy atom. The molecule has 1 heterocycles. The normalized spacial score (nSPS) is 23.4. The van der Waals surface area contributed by atoms with Gasteiger partial charge in [0.2, 0.25) is 0 Å². The lowest BCUT2D eigenvalue weighted by atomic mass is 9.94. The van der Waals surface area contributed by atoms with Gasteiger partial charge in [-0.2, -0.15) is 0 Å². The molecule has 0 aromatic heterocycles. The van der Waals surface area contributed by atoms with Gasteiger partial charge in [-0.3, -0.25) is 4.90 Å². The number of nitrogens with zero attached hydrogens (tertiary/aromatic N) is 1. The van der Waals surface area contributed by atoms with Crippen LogP contribution in [0.4, 0.5) is 4.79 Å². The van der Waals surface area contributed by atoms with Crippen molar-refractivity contribution in [3.63, 3.8) is 0 Å². The highest BCUT2D eigenvalue weighted by molar-refractivity contribution is 5.90. The highest BCUT2D eigenvalue weighted by Gasteiger charge is 2.51. The summed E-state index contributed by atoms with van der Waals surface area (Å²) in [5.41, 5.74) is -1.05. The van der Waals surface area contributed by atoms with Crippen LogP contribution in [0.25, 0.3) is 0 Å². The van der Waals surface area contributed by atoms with E-state index in [-0.39, 0.29) is 6.61 Å². The molecule has 19 heavy (non-hydrogen) atoms.